The number of aryl methyl sites for hydroxylation is 1. The van der Waals surface area contributed by atoms with Gasteiger partial charge in [0.05, 0.1) is 5.56 Å². The molecule has 0 aliphatic heterocycles. The average molecular weight is 246 g/mol. The molecular formula is C15H12F2O. The fourth-order valence-electron chi connectivity index (χ4n) is 1.81. The van der Waals surface area contributed by atoms with Crippen molar-refractivity contribution in [2.24, 2.45) is 0 Å². The Morgan fingerprint density at radius 2 is 1.72 bits per heavy atom. The molecule has 0 saturated carbocycles. The van der Waals surface area contributed by atoms with E-state index in [1.807, 2.05) is 13.0 Å². The van der Waals surface area contributed by atoms with Gasteiger partial charge in [-0.25, -0.2) is 8.78 Å². The largest absolute Gasteiger partial charge is 0.288 e. The molecule has 0 amide bonds. The van der Waals surface area contributed by atoms with Crippen LogP contribution >= 0.6 is 0 Å². The van der Waals surface area contributed by atoms with Crippen LogP contribution in [0.4, 0.5) is 8.78 Å². The number of halogens is 2. The van der Waals surface area contributed by atoms with E-state index in [2.05, 4.69) is 0 Å². The minimum Gasteiger partial charge on any atom is -0.288 e. The summed E-state index contributed by atoms with van der Waals surface area (Å²) < 4.78 is 26.6. The van der Waals surface area contributed by atoms with Crippen molar-refractivity contribution in [3.63, 3.8) is 0 Å². The molecule has 1 nitrogen and oxygen atoms in total. The highest BCUT2D eigenvalue weighted by atomic mass is 19.1. The molecule has 0 spiro atoms. The van der Waals surface area contributed by atoms with Crippen molar-refractivity contribution < 1.29 is 13.6 Å². The Balaban J connectivity index is 2.55. The van der Waals surface area contributed by atoms with Crippen molar-refractivity contribution in [1.82, 2.24) is 0 Å². The molecule has 0 unspecified atom stereocenters. The van der Waals surface area contributed by atoms with Gasteiger partial charge >= 0.3 is 0 Å². The number of benzene rings is 2. The van der Waals surface area contributed by atoms with Crippen LogP contribution < -0.4 is 0 Å². The highest BCUT2D eigenvalue weighted by molar-refractivity contribution is 6.10. The van der Waals surface area contributed by atoms with E-state index in [0.717, 1.165) is 29.3 Å². The molecule has 0 aliphatic carbocycles. The van der Waals surface area contributed by atoms with Crippen molar-refractivity contribution >= 4 is 5.78 Å². The minimum atomic E-state index is -0.706. The lowest BCUT2D eigenvalue weighted by Crippen LogP contribution is -2.07. The molecule has 0 bridgehead atoms. The second-order valence-corrected chi connectivity index (χ2v) is 4.20. The normalized spacial score (nSPS) is 10.4. The van der Waals surface area contributed by atoms with Gasteiger partial charge in [-0.2, -0.15) is 0 Å². The van der Waals surface area contributed by atoms with Crippen LogP contribution in [0.2, 0.25) is 0 Å². The zero-order valence-electron chi connectivity index (χ0n) is 10.1. The van der Waals surface area contributed by atoms with Gasteiger partial charge in [-0.1, -0.05) is 18.2 Å². The molecule has 0 aromatic heterocycles. The summed E-state index contributed by atoms with van der Waals surface area (Å²) >= 11 is 0. The van der Waals surface area contributed by atoms with Gasteiger partial charge in [0.2, 0.25) is 0 Å². The average Bonchev–Trinajstić information content (AvgIpc) is 2.35. The summed E-state index contributed by atoms with van der Waals surface area (Å²) in [4.78, 5) is 12.2. The first kappa shape index (κ1) is 12.4. The Kier molecular flexibility index (Phi) is 3.24. The molecule has 0 atom stereocenters. The Bertz CT molecular complexity index is 614. The third-order valence-corrected chi connectivity index (χ3v) is 3.02. The molecule has 18 heavy (non-hydrogen) atoms. The van der Waals surface area contributed by atoms with Crippen LogP contribution in [0.3, 0.4) is 0 Å². The predicted octanol–water partition coefficient (Wildman–Crippen LogP) is 3.81. The van der Waals surface area contributed by atoms with Crippen molar-refractivity contribution in [3.05, 3.63) is 70.3 Å². The van der Waals surface area contributed by atoms with E-state index in [1.165, 1.54) is 0 Å². The first-order chi connectivity index (χ1) is 8.50. The molecule has 2 aromatic carbocycles. The fourth-order valence-corrected chi connectivity index (χ4v) is 1.81. The van der Waals surface area contributed by atoms with Crippen LogP contribution in [0, 0.1) is 25.5 Å². The van der Waals surface area contributed by atoms with Crippen LogP contribution in [-0.4, -0.2) is 5.78 Å². The van der Waals surface area contributed by atoms with Crippen molar-refractivity contribution in [1.29, 1.82) is 0 Å². The third-order valence-electron chi connectivity index (χ3n) is 3.02. The molecule has 0 radical (unpaired) electrons. The van der Waals surface area contributed by atoms with E-state index >= 15 is 0 Å². The zero-order chi connectivity index (χ0) is 13.3. The maximum Gasteiger partial charge on any atom is 0.196 e. The maximum absolute atomic E-state index is 13.6. The van der Waals surface area contributed by atoms with Crippen LogP contribution in [-0.2, 0) is 0 Å². The van der Waals surface area contributed by atoms with Crippen LogP contribution in [0.1, 0.15) is 27.0 Å². The summed E-state index contributed by atoms with van der Waals surface area (Å²) in [6.45, 7) is 3.66. The monoisotopic (exact) mass is 246 g/mol. The molecule has 0 heterocycles. The molecule has 0 saturated heterocycles. The highest BCUT2D eigenvalue weighted by Crippen LogP contribution is 2.19. The quantitative estimate of drug-likeness (QED) is 0.736. The Labute approximate surface area is 104 Å². The summed E-state index contributed by atoms with van der Waals surface area (Å²) in [5, 5.41) is 0. The summed E-state index contributed by atoms with van der Waals surface area (Å²) in [5.41, 5.74) is 1.90. The molecular weight excluding hydrogens is 234 g/mol. The lowest BCUT2D eigenvalue weighted by Gasteiger charge is -2.08. The summed E-state index contributed by atoms with van der Waals surface area (Å²) in [5.74, 6) is -1.82. The van der Waals surface area contributed by atoms with Crippen molar-refractivity contribution in [2.75, 3.05) is 0 Å². The van der Waals surface area contributed by atoms with Gasteiger partial charge in [0.25, 0.3) is 0 Å². The second-order valence-electron chi connectivity index (χ2n) is 4.20. The van der Waals surface area contributed by atoms with Crippen LogP contribution in [0.15, 0.2) is 36.4 Å². The van der Waals surface area contributed by atoms with E-state index in [0.29, 0.717) is 5.56 Å². The van der Waals surface area contributed by atoms with Gasteiger partial charge < -0.3 is 0 Å². The first-order valence-electron chi connectivity index (χ1n) is 5.56. The van der Waals surface area contributed by atoms with Crippen molar-refractivity contribution in [3.8, 4) is 0 Å². The predicted molar refractivity (Wildman–Crippen MR) is 65.7 cm³/mol. The number of carbonyl (C=O) groups excluding carboxylic acids is 1. The minimum absolute atomic E-state index is 0.233. The van der Waals surface area contributed by atoms with E-state index in [9.17, 15) is 13.6 Å². The molecule has 3 heteroatoms. The summed E-state index contributed by atoms with van der Waals surface area (Å²) in [6.07, 6.45) is 0. The molecule has 92 valence electrons. The third kappa shape index (κ3) is 2.16. The number of carbonyl (C=O) groups is 1. The number of hydrogen-bond acceptors (Lipinski definition) is 1. The Morgan fingerprint density at radius 1 is 1.00 bits per heavy atom. The van der Waals surface area contributed by atoms with Gasteiger partial charge in [-0.05, 0) is 43.2 Å². The first-order valence-corrected chi connectivity index (χ1v) is 5.56. The zero-order valence-corrected chi connectivity index (χ0v) is 10.1. The van der Waals surface area contributed by atoms with E-state index in [-0.39, 0.29) is 5.56 Å². The number of ketones is 1. The molecule has 0 N–H and O–H groups in total. The molecule has 0 fully saturated rings. The van der Waals surface area contributed by atoms with Crippen molar-refractivity contribution in [2.45, 2.75) is 13.8 Å². The van der Waals surface area contributed by atoms with Gasteiger partial charge in [0.1, 0.15) is 11.6 Å². The van der Waals surface area contributed by atoms with E-state index in [4.69, 9.17) is 0 Å². The van der Waals surface area contributed by atoms with Crippen LogP contribution in [0.5, 0.6) is 0 Å². The van der Waals surface area contributed by atoms with Crippen LogP contribution in [0.25, 0.3) is 0 Å². The van der Waals surface area contributed by atoms with E-state index < -0.39 is 17.4 Å². The highest BCUT2D eigenvalue weighted by Gasteiger charge is 2.17. The smallest absolute Gasteiger partial charge is 0.196 e. The number of hydrogen-bond donors (Lipinski definition) is 0. The standard InChI is InChI=1S/C15H12F2O/c1-9-4-3-5-12(10(9)2)15(18)13-8-11(16)6-7-14(13)17/h3-8H,1-2H3. The Hall–Kier alpha value is -2.03. The maximum atomic E-state index is 13.6. The molecule has 0 aliphatic rings. The van der Waals surface area contributed by atoms with Gasteiger partial charge in [0, 0.05) is 5.56 Å². The van der Waals surface area contributed by atoms with Gasteiger partial charge in [-0.3, -0.25) is 4.79 Å². The topological polar surface area (TPSA) is 17.1 Å². The van der Waals surface area contributed by atoms with Gasteiger partial charge in [-0.15, -0.1) is 0 Å². The lowest BCUT2D eigenvalue weighted by molar-refractivity contribution is 0.103. The summed E-state index contributed by atoms with van der Waals surface area (Å²) in [7, 11) is 0. The molecule has 2 rings (SSSR count). The molecule has 2 aromatic rings. The Morgan fingerprint density at radius 3 is 2.44 bits per heavy atom. The lowest BCUT2D eigenvalue weighted by atomic mass is 9.96. The summed E-state index contributed by atoms with van der Waals surface area (Å²) in [6, 6.07) is 8.11. The van der Waals surface area contributed by atoms with E-state index in [1.54, 1.807) is 19.1 Å². The SMILES string of the molecule is Cc1cccc(C(=O)c2cc(F)ccc2F)c1C. The fraction of sp³-hybridized carbons (Fsp3) is 0.133. The second kappa shape index (κ2) is 4.69. The van der Waals surface area contributed by atoms with Gasteiger partial charge in [0.15, 0.2) is 5.78 Å². The number of rotatable bonds is 2.